The van der Waals surface area contributed by atoms with E-state index in [4.69, 9.17) is 6.80 Å². The maximum absolute atomic E-state index is 8.54. The van der Waals surface area contributed by atoms with E-state index in [-0.39, 0.29) is 5.48 Å². The minimum absolute atomic E-state index is 0. The zero-order chi connectivity index (χ0) is 2.71. The van der Waals surface area contributed by atoms with Gasteiger partial charge in [0.15, 0.2) is 0 Å². The van der Waals surface area contributed by atoms with Gasteiger partial charge in [0, 0.05) is 0 Å². The van der Waals surface area contributed by atoms with E-state index in [1.165, 1.54) is 0 Å². The normalized spacial score (nSPS) is 3.00. The predicted molar refractivity (Wildman–Crippen MR) is 4.99 cm³/mol. The van der Waals surface area contributed by atoms with Crippen molar-refractivity contribution >= 4 is 0 Å². The molecule has 0 rings (SSSR count). The molecule has 3 nitrogen and oxygen atoms in total. The summed E-state index contributed by atoms with van der Waals surface area (Å²) >= 11 is -2.25. The van der Waals surface area contributed by atoms with Gasteiger partial charge in [-0.2, -0.15) is 0 Å². The molecule has 4 heteroatoms. The van der Waals surface area contributed by atoms with E-state index in [0.29, 0.717) is 0 Å². The number of hydrogen-bond donors (Lipinski definition) is 0. The summed E-state index contributed by atoms with van der Waals surface area (Å²) in [7, 11) is 0. The summed E-state index contributed by atoms with van der Waals surface area (Å²) in [5.41, 5.74) is 0. The van der Waals surface area contributed by atoms with Crippen molar-refractivity contribution in [1.82, 2.24) is 0 Å². The second-order valence-corrected chi connectivity index (χ2v) is 0.557. The first-order chi connectivity index (χ1) is 1.41. The average molecular weight is 234 g/mol. The monoisotopic (exact) mass is 234 g/mol. The Labute approximate surface area is 31.5 Å². The first-order valence-corrected chi connectivity index (χ1v) is 2.73. The third-order valence-electron chi connectivity index (χ3n) is 0. The Kier molecular flexibility index (Phi) is 23.4. The van der Waals surface area contributed by atoms with E-state index >= 15 is 0 Å². The molecule has 0 aliphatic carbocycles. The van der Waals surface area contributed by atoms with Crippen LogP contribution in [-0.4, -0.2) is 5.48 Å². The van der Waals surface area contributed by atoms with Crippen LogP contribution >= 0.6 is 0 Å². The fraction of sp³-hybridized carbons (Fsp3) is 0. The van der Waals surface area contributed by atoms with E-state index in [0.717, 1.165) is 0 Å². The molecule has 0 amide bonds. The van der Waals surface area contributed by atoms with Crippen molar-refractivity contribution in [2.45, 2.75) is 0 Å². The average Bonchev–Trinajstić information content (AvgIpc) is 0.918. The van der Waals surface area contributed by atoms with Crippen molar-refractivity contribution in [2.75, 3.05) is 0 Å². The summed E-state index contributed by atoms with van der Waals surface area (Å²) in [6, 6.07) is 0. The summed E-state index contributed by atoms with van der Waals surface area (Å²) in [5, 5.41) is 0. The van der Waals surface area contributed by atoms with Gasteiger partial charge >= 0.3 is 25.3 Å². The molecule has 0 aromatic heterocycles. The molecule has 0 bridgehead atoms. The quantitative estimate of drug-likeness (QED) is 0.535. The Bertz CT molecular complexity index is 24.3. The van der Waals surface area contributed by atoms with Gasteiger partial charge in [0.1, 0.15) is 0 Å². The van der Waals surface area contributed by atoms with E-state index < -0.39 is 18.5 Å². The van der Waals surface area contributed by atoms with E-state index in [1.807, 2.05) is 0 Å². The molecule has 0 fully saturated rings. The van der Waals surface area contributed by atoms with E-state index in [1.54, 1.807) is 0 Å². The van der Waals surface area contributed by atoms with Gasteiger partial charge in [0.2, 0.25) is 0 Å². The van der Waals surface area contributed by atoms with Gasteiger partial charge in [-0.3, -0.25) is 0 Å². The summed E-state index contributed by atoms with van der Waals surface area (Å²) in [4.78, 5) is 0. The second kappa shape index (κ2) is 10.5. The van der Waals surface area contributed by atoms with Crippen molar-refractivity contribution in [1.29, 1.82) is 0 Å². The van der Waals surface area contributed by atoms with E-state index in [9.17, 15) is 0 Å². The fourth-order valence-electron chi connectivity index (χ4n) is 0. The third-order valence-corrected chi connectivity index (χ3v) is 0. The standard InChI is InChI=1S/H2O.2O.W/h1H2;;;. The first kappa shape index (κ1) is 8.87. The molecule has 0 saturated heterocycles. The topological polar surface area (TPSA) is 65.6 Å². The van der Waals surface area contributed by atoms with Crippen LogP contribution in [0, 0.1) is 0 Å². The Morgan fingerprint density at radius 2 is 1.25 bits per heavy atom. The molecule has 26 valence electrons. The Morgan fingerprint density at radius 1 is 1.25 bits per heavy atom. The molecule has 4 heavy (non-hydrogen) atoms. The van der Waals surface area contributed by atoms with Gasteiger partial charge in [-0.25, -0.2) is 0 Å². The van der Waals surface area contributed by atoms with Crippen LogP contribution in [0.5, 0.6) is 0 Å². The summed E-state index contributed by atoms with van der Waals surface area (Å²) in [6.07, 6.45) is 0. The SMILES string of the molecule is O.[O]=[W]=[O]. The third kappa shape index (κ3) is 56.8. The summed E-state index contributed by atoms with van der Waals surface area (Å²) < 4.78 is 17.1. The molecule has 0 aromatic carbocycles. The zero-order valence-electron chi connectivity index (χ0n) is 1.72. The van der Waals surface area contributed by atoms with Crippen LogP contribution in [0.4, 0.5) is 0 Å². The molecular weight excluding hydrogens is 232 g/mol. The molecule has 0 aromatic rings. The molecule has 0 unspecified atom stereocenters. The van der Waals surface area contributed by atoms with E-state index in [2.05, 4.69) is 0 Å². The number of hydrogen-bond acceptors (Lipinski definition) is 2. The van der Waals surface area contributed by atoms with Crippen LogP contribution < -0.4 is 0 Å². The molecule has 0 spiro atoms. The molecule has 2 N–H and O–H groups in total. The predicted octanol–water partition coefficient (Wildman–Crippen LogP) is -1.06. The molecule has 0 saturated carbocycles. The Hall–Kier alpha value is 0.248. The molecule has 0 aliphatic heterocycles. The van der Waals surface area contributed by atoms with Gasteiger partial charge in [0.25, 0.3) is 0 Å². The van der Waals surface area contributed by atoms with Gasteiger partial charge < -0.3 is 5.48 Å². The van der Waals surface area contributed by atoms with Crippen LogP contribution in [0.3, 0.4) is 0 Å². The van der Waals surface area contributed by atoms with Crippen molar-refractivity contribution in [3.05, 3.63) is 0 Å². The fourth-order valence-corrected chi connectivity index (χ4v) is 0. The zero-order valence-corrected chi connectivity index (χ0v) is 4.66. The van der Waals surface area contributed by atoms with Crippen LogP contribution in [0.25, 0.3) is 0 Å². The molecule has 0 aliphatic rings. The van der Waals surface area contributed by atoms with Crippen molar-refractivity contribution in [3.63, 3.8) is 0 Å². The van der Waals surface area contributed by atoms with Crippen molar-refractivity contribution < 1.29 is 30.8 Å². The minimum atomic E-state index is -2.25. The summed E-state index contributed by atoms with van der Waals surface area (Å²) in [6.45, 7) is 0. The van der Waals surface area contributed by atoms with Gasteiger partial charge in [-0.1, -0.05) is 0 Å². The number of rotatable bonds is 0. The first-order valence-electron chi connectivity index (χ1n) is 0.333. The van der Waals surface area contributed by atoms with Crippen molar-refractivity contribution in [2.24, 2.45) is 0 Å². The van der Waals surface area contributed by atoms with Crippen molar-refractivity contribution in [3.8, 4) is 0 Å². The molecule has 0 atom stereocenters. The molecular formula is H2O3W. The van der Waals surface area contributed by atoms with Crippen LogP contribution in [0.1, 0.15) is 0 Å². The van der Waals surface area contributed by atoms with Crippen LogP contribution in [-0.2, 0) is 25.3 Å². The summed E-state index contributed by atoms with van der Waals surface area (Å²) in [5.74, 6) is 0. The molecule has 0 radical (unpaired) electrons. The molecule has 0 heterocycles. The maximum atomic E-state index is 8.54. The Morgan fingerprint density at radius 3 is 1.25 bits per heavy atom. The van der Waals surface area contributed by atoms with Crippen LogP contribution in [0.15, 0.2) is 0 Å². The van der Waals surface area contributed by atoms with Crippen LogP contribution in [0.2, 0.25) is 0 Å². The second-order valence-electron chi connectivity index (χ2n) is 0.0680. The van der Waals surface area contributed by atoms with Gasteiger partial charge in [-0.05, 0) is 0 Å². The Balaban J connectivity index is 0. The van der Waals surface area contributed by atoms with Gasteiger partial charge in [0.05, 0.1) is 0 Å². The van der Waals surface area contributed by atoms with Gasteiger partial charge in [-0.15, -0.1) is 0 Å².